The van der Waals surface area contributed by atoms with Crippen molar-refractivity contribution < 1.29 is 4.79 Å². The van der Waals surface area contributed by atoms with E-state index >= 15 is 0 Å². The summed E-state index contributed by atoms with van der Waals surface area (Å²) in [5.41, 5.74) is 0.0483. The van der Waals surface area contributed by atoms with Crippen LogP contribution in [0.15, 0.2) is 18.7 Å². The molecule has 1 unspecified atom stereocenters. The molecule has 1 aromatic rings. The first-order chi connectivity index (χ1) is 9.09. The molecule has 0 aliphatic carbocycles. The van der Waals surface area contributed by atoms with Gasteiger partial charge in [0.25, 0.3) is 0 Å². The molecule has 19 heavy (non-hydrogen) atoms. The minimum atomic E-state index is -0.0607. The molecule has 1 atom stereocenters. The van der Waals surface area contributed by atoms with E-state index < -0.39 is 0 Å². The Morgan fingerprint density at radius 1 is 1.58 bits per heavy atom. The molecule has 0 saturated carbocycles. The Morgan fingerprint density at radius 3 is 3.11 bits per heavy atom. The molecule has 0 spiro atoms. The lowest BCUT2D eigenvalue weighted by Crippen LogP contribution is -2.55. The fourth-order valence-electron chi connectivity index (χ4n) is 2.65. The van der Waals surface area contributed by atoms with Crippen LogP contribution in [-0.2, 0) is 11.3 Å². The average Bonchev–Trinajstić information content (AvgIpc) is 2.87. The highest BCUT2D eigenvalue weighted by atomic mass is 16.2. The van der Waals surface area contributed by atoms with Crippen molar-refractivity contribution >= 4 is 5.91 Å². The summed E-state index contributed by atoms with van der Waals surface area (Å²) in [5.74, 6) is 0.135. The highest BCUT2D eigenvalue weighted by molar-refractivity contribution is 5.82. The third-order valence-corrected chi connectivity index (χ3v) is 3.84. The third-order valence-electron chi connectivity index (χ3n) is 3.84. The molecule has 106 valence electrons. The second-order valence-electron chi connectivity index (χ2n) is 5.92. The Balaban J connectivity index is 1.71. The van der Waals surface area contributed by atoms with Crippen molar-refractivity contribution in [3.63, 3.8) is 0 Å². The van der Waals surface area contributed by atoms with Gasteiger partial charge in [-0.2, -0.15) is 0 Å². The smallest absolute Gasteiger partial charge is 0.237 e. The summed E-state index contributed by atoms with van der Waals surface area (Å²) in [7, 11) is 0. The van der Waals surface area contributed by atoms with Crippen LogP contribution in [-0.4, -0.2) is 34.6 Å². The minimum Gasteiger partial charge on any atom is -0.355 e. The first kappa shape index (κ1) is 14.1. The van der Waals surface area contributed by atoms with Crippen LogP contribution in [0.25, 0.3) is 0 Å². The average molecular weight is 264 g/mol. The second kappa shape index (κ2) is 6.19. The number of amides is 1. The van der Waals surface area contributed by atoms with Gasteiger partial charge in [0, 0.05) is 25.5 Å². The van der Waals surface area contributed by atoms with Crippen LogP contribution in [0.4, 0.5) is 0 Å². The quantitative estimate of drug-likeness (QED) is 0.785. The summed E-state index contributed by atoms with van der Waals surface area (Å²) >= 11 is 0. The maximum atomic E-state index is 12.2. The number of rotatable bonds is 5. The molecule has 0 radical (unpaired) electrons. The van der Waals surface area contributed by atoms with E-state index in [4.69, 9.17) is 0 Å². The van der Waals surface area contributed by atoms with Crippen molar-refractivity contribution in [3.8, 4) is 0 Å². The summed E-state index contributed by atoms with van der Waals surface area (Å²) < 4.78 is 2.02. The lowest BCUT2D eigenvalue weighted by atomic mass is 9.77. The standard InChI is InChI=1S/C14H24N4O/c1-14(2)5-3-6-16-12(14)13(19)17-7-4-9-18-10-8-15-11-18/h8,10-12,16H,3-7,9H2,1-2H3,(H,17,19). The van der Waals surface area contributed by atoms with E-state index in [1.807, 2.05) is 10.8 Å². The van der Waals surface area contributed by atoms with Gasteiger partial charge in [0.15, 0.2) is 0 Å². The molecule has 5 heteroatoms. The summed E-state index contributed by atoms with van der Waals surface area (Å²) in [4.78, 5) is 16.2. The Labute approximate surface area is 114 Å². The third kappa shape index (κ3) is 3.80. The van der Waals surface area contributed by atoms with Gasteiger partial charge in [-0.3, -0.25) is 4.79 Å². The Morgan fingerprint density at radius 2 is 2.42 bits per heavy atom. The molecule has 1 saturated heterocycles. The SMILES string of the molecule is CC1(C)CCCNC1C(=O)NCCCn1ccnc1. The monoisotopic (exact) mass is 264 g/mol. The van der Waals surface area contributed by atoms with E-state index in [1.165, 1.54) is 0 Å². The molecule has 1 fully saturated rings. The maximum absolute atomic E-state index is 12.2. The Hall–Kier alpha value is -1.36. The van der Waals surface area contributed by atoms with E-state index in [0.29, 0.717) is 6.54 Å². The number of imidazole rings is 1. The first-order valence-corrected chi connectivity index (χ1v) is 7.06. The zero-order valence-corrected chi connectivity index (χ0v) is 11.9. The second-order valence-corrected chi connectivity index (χ2v) is 5.92. The molecule has 2 N–H and O–H groups in total. The highest BCUT2D eigenvalue weighted by Gasteiger charge is 2.36. The summed E-state index contributed by atoms with van der Waals surface area (Å²) in [6.07, 6.45) is 8.69. The van der Waals surface area contributed by atoms with Crippen LogP contribution in [0.3, 0.4) is 0 Å². The van der Waals surface area contributed by atoms with Crippen molar-refractivity contribution in [1.29, 1.82) is 0 Å². The van der Waals surface area contributed by atoms with Gasteiger partial charge in [0.05, 0.1) is 12.4 Å². The van der Waals surface area contributed by atoms with Crippen LogP contribution in [0.1, 0.15) is 33.1 Å². The molecular weight excluding hydrogens is 240 g/mol. The predicted molar refractivity (Wildman–Crippen MR) is 74.7 cm³/mol. The van der Waals surface area contributed by atoms with Gasteiger partial charge in [-0.1, -0.05) is 13.8 Å². The normalized spacial score (nSPS) is 22.1. The van der Waals surface area contributed by atoms with Crippen molar-refractivity contribution in [3.05, 3.63) is 18.7 Å². The van der Waals surface area contributed by atoms with Crippen molar-refractivity contribution in [2.45, 2.75) is 45.7 Å². The Kier molecular flexibility index (Phi) is 4.58. The zero-order chi connectivity index (χ0) is 13.7. The van der Waals surface area contributed by atoms with E-state index in [0.717, 1.165) is 32.4 Å². The van der Waals surface area contributed by atoms with E-state index in [2.05, 4.69) is 29.5 Å². The fourth-order valence-corrected chi connectivity index (χ4v) is 2.65. The lowest BCUT2D eigenvalue weighted by Gasteiger charge is -2.38. The number of aromatic nitrogens is 2. The van der Waals surface area contributed by atoms with Gasteiger partial charge in [-0.05, 0) is 31.2 Å². The summed E-state index contributed by atoms with van der Waals surface area (Å²) in [6, 6.07) is -0.0607. The number of hydrogen-bond donors (Lipinski definition) is 2. The van der Waals surface area contributed by atoms with Crippen LogP contribution < -0.4 is 10.6 Å². The highest BCUT2D eigenvalue weighted by Crippen LogP contribution is 2.29. The minimum absolute atomic E-state index is 0.0483. The number of aryl methyl sites for hydroxylation is 1. The molecule has 1 aliphatic rings. The van der Waals surface area contributed by atoms with Crippen LogP contribution >= 0.6 is 0 Å². The van der Waals surface area contributed by atoms with Crippen molar-refractivity contribution in [2.75, 3.05) is 13.1 Å². The number of carbonyl (C=O) groups is 1. The number of nitrogens with one attached hydrogen (secondary N) is 2. The molecule has 2 heterocycles. The number of piperidine rings is 1. The lowest BCUT2D eigenvalue weighted by molar-refractivity contribution is -0.126. The van der Waals surface area contributed by atoms with Gasteiger partial charge in [-0.15, -0.1) is 0 Å². The summed E-state index contributed by atoms with van der Waals surface area (Å²) in [6.45, 7) is 6.87. The maximum Gasteiger partial charge on any atom is 0.237 e. The first-order valence-electron chi connectivity index (χ1n) is 7.06. The number of carbonyl (C=O) groups excluding carboxylic acids is 1. The molecule has 0 bridgehead atoms. The number of hydrogen-bond acceptors (Lipinski definition) is 3. The van der Waals surface area contributed by atoms with E-state index in [-0.39, 0.29) is 17.4 Å². The molecule has 0 aromatic carbocycles. The molecular formula is C14H24N4O. The van der Waals surface area contributed by atoms with Gasteiger partial charge in [-0.25, -0.2) is 4.98 Å². The van der Waals surface area contributed by atoms with Crippen molar-refractivity contribution in [2.24, 2.45) is 5.41 Å². The summed E-state index contributed by atoms with van der Waals surface area (Å²) in [5, 5.41) is 6.37. The zero-order valence-electron chi connectivity index (χ0n) is 11.9. The van der Waals surface area contributed by atoms with Gasteiger partial charge in [0.2, 0.25) is 5.91 Å². The van der Waals surface area contributed by atoms with Gasteiger partial charge >= 0.3 is 0 Å². The molecule has 1 aliphatic heterocycles. The van der Waals surface area contributed by atoms with E-state index in [1.54, 1.807) is 12.5 Å². The predicted octanol–water partition coefficient (Wildman–Crippen LogP) is 1.17. The fraction of sp³-hybridized carbons (Fsp3) is 0.714. The molecule has 1 aromatic heterocycles. The molecule has 2 rings (SSSR count). The van der Waals surface area contributed by atoms with Gasteiger partial charge in [0.1, 0.15) is 0 Å². The Bertz CT molecular complexity index is 400. The topological polar surface area (TPSA) is 59.0 Å². The largest absolute Gasteiger partial charge is 0.355 e. The van der Waals surface area contributed by atoms with Crippen LogP contribution in [0, 0.1) is 5.41 Å². The molecule has 1 amide bonds. The number of nitrogens with zero attached hydrogens (tertiary/aromatic N) is 2. The van der Waals surface area contributed by atoms with Crippen LogP contribution in [0.5, 0.6) is 0 Å². The van der Waals surface area contributed by atoms with Crippen LogP contribution in [0.2, 0.25) is 0 Å². The van der Waals surface area contributed by atoms with Crippen molar-refractivity contribution in [1.82, 2.24) is 20.2 Å². The van der Waals surface area contributed by atoms with E-state index in [9.17, 15) is 4.79 Å². The molecule has 5 nitrogen and oxygen atoms in total. The van der Waals surface area contributed by atoms with Gasteiger partial charge < -0.3 is 15.2 Å².